The van der Waals surface area contributed by atoms with E-state index in [1.807, 2.05) is 18.2 Å². The van der Waals surface area contributed by atoms with Gasteiger partial charge in [-0.25, -0.2) is 0 Å². The van der Waals surface area contributed by atoms with E-state index in [0.717, 1.165) is 10.7 Å². The SMILES string of the molecule is CCN1CCC(Nc2cccc(Cl)c2)CC1. The highest BCUT2D eigenvalue weighted by molar-refractivity contribution is 6.30. The maximum absolute atomic E-state index is 5.96. The van der Waals surface area contributed by atoms with Gasteiger partial charge in [0.15, 0.2) is 0 Å². The summed E-state index contributed by atoms with van der Waals surface area (Å²) in [7, 11) is 0. The van der Waals surface area contributed by atoms with Gasteiger partial charge in [0.1, 0.15) is 0 Å². The highest BCUT2D eigenvalue weighted by Crippen LogP contribution is 2.19. The fourth-order valence-corrected chi connectivity index (χ4v) is 2.40. The van der Waals surface area contributed by atoms with E-state index in [0.29, 0.717) is 6.04 Å². The lowest BCUT2D eigenvalue weighted by Gasteiger charge is -2.32. The molecule has 0 atom stereocenters. The van der Waals surface area contributed by atoms with Gasteiger partial charge >= 0.3 is 0 Å². The number of nitrogens with zero attached hydrogens (tertiary/aromatic N) is 1. The molecule has 1 fully saturated rings. The summed E-state index contributed by atoms with van der Waals surface area (Å²) in [4.78, 5) is 2.50. The number of likely N-dealkylation sites (tertiary alicyclic amines) is 1. The van der Waals surface area contributed by atoms with E-state index >= 15 is 0 Å². The summed E-state index contributed by atoms with van der Waals surface area (Å²) in [5.41, 5.74) is 1.14. The van der Waals surface area contributed by atoms with Crippen LogP contribution in [0.4, 0.5) is 5.69 Å². The van der Waals surface area contributed by atoms with Crippen LogP contribution in [0.5, 0.6) is 0 Å². The summed E-state index contributed by atoms with van der Waals surface area (Å²) in [6.45, 7) is 5.80. The van der Waals surface area contributed by atoms with Crippen LogP contribution in [-0.2, 0) is 0 Å². The molecule has 88 valence electrons. The lowest BCUT2D eigenvalue weighted by atomic mass is 10.0. The molecule has 1 aliphatic heterocycles. The summed E-state index contributed by atoms with van der Waals surface area (Å²) < 4.78 is 0. The van der Waals surface area contributed by atoms with Gasteiger partial charge in [-0.1, -0.05) is 24.6 Å². The highest BCUT2D eigenvalue weighted by Gasteiger charge is 2.17. The first-order chi connectivity index (χ1) is 7.78. The molecular weight excluding hydrogens is 220 g/mol. The van der Waals surface area contributed by atoms with Crippen LogP contribution in [-0.4, -0.2) is 30.6 Å². The molecule has 2 nitrogen and oxygen atoms in total. The summed E-state index contributed by atoms with van der Waals surface area (Å²) >= 11 is 5.96. The molecule has 1 saturated heterocycles. The third-order valence-electron chi connectivity index (χ3n) is 3.23. The molecule has 0 radical (unpaired) electrons. The third-order valence-corrected chi connectivity index (χ3v) is 3.47. The molecule has 16 heavy (non-hydrogen) atoms. The maximum atomic E-state index is 5.96. The van der Waals surface area contributed by atoms with Gasteiger partial charge in [0.05, 0.1) is 0 Å². The molecule has 1 aromatic rings. The van der Waals surface area contributed by atoms with Crippen molar-refractivity contribution >= 4 is 17.3 Å². The first kappa shape index (κ1) is 11.7. The zero-order valence-electron chi connectivity index (χ0n) is 9.75. The predicted octanol–water partition coefficient (Wildman–Crippen LogP) is 3.24. The largest absolute Gasteiger partial charge is 0.382 e. The molecule has 0 bridgehead atoms. The van der Waals surface area contributed by atoms with E-state index in [-0.39, 0.29) is 0 Å². The van der Waals surface area contributed by atoms with E-state index in [9.17, 15) is 0 Å². The Bertz CT molecular complexity index is 332. The summed E-state index contributed by atoms with van der Waals surface area (Å²) in [5, 5.41) is 4.36. The maximum Gasteiger partial charge on any atom is 0.0426 e. The Morgan fingerprint density at radius 3 is 2.75 bits per heavy atom. The second-order valence-corrected chi connectivity index (χ2v) is 4.80. The van der Waals surface area contributed by atoms with E-state index in [1.165, 1.54) is 32.5 Å². The van der Waals surface area contributed by atoms with Gasteiger partial charge in [0.25, 0.3) is 0 Å². The second kappa shape index (κ2) is 5.55. The molecule has 1 heterocycles. The number of hydrogen-bond acceptors (Lipinski definition) is 2. The predicted molar refractivity (Wildman–Crippen MR) is 70.2 cm³/mol. The van der Waals surface area contributed by atoms with Crippen LogP contribution in [0.25, 0.3) is 0 Å². The summed E-state index contributed by atoms with van der Waals surface area (Å²) in [5.74, 6) is 0. The van der Waals surface area contributed by atoms with Gasteiger partial charge in [-0.05, 0) is 37.6 Å². The topological polar surface area (TPSA) is 15.3 Å². The average molecular weight is 239 g/mol. The molecule has 1 aromatic carbocycles. The van der Waals surface area contributed by atoms with Crippen molar-refractivity contribution in [2.45, 2.75) is 25.8 Å². The zero-order chi connectivity index (χ0) is 11.4. The highest BCUT2D eigenvalue weighted by atomic mass is 35.5. The van der Waals surface area contributed by atoms with E-state index in [2.05, 4.69) is 23.2 Å². The van der Waals surface area contributed by atoms with Gasteiger partial charge in [-0.15, -0.1) is 0 Å². The molecular formula is C13H19ClN2. The standard InChI is InChI=1S/C13H19ClN2/c1-2-16-8-6-12(7-9-16)15-13-5-3-4-11(14)10-13/h3-5,10,12,15H,2,6-9H2,1H3. The molecule has 3 heteroatoms. The molecule has 0 spiro atoms. The van der Waals surface area contributed by atoms with Crippen molar-refractivity contribution in [3.63, 3.8) is 0 Å². The minimum absolute atomic E-state index is 0.598. The smallest absolute Gasteiger partial charge is 0.0426 e. The van der Waals surface area contributed by atoms with Crippen LogP contribution >= 0.6 is 11.6 Å². The van der Waals surface area contributed by atoms with Crippen molar-refractivity contribution in [2.24, 2.45) is 0 Å². The molecule has 0 amide bonds. The third kappa shape index (κ3) is 3.13. The van der Waals surface area contributed by atoms with Crippen LogP contribution < -0.4 is 5.32 Å². The molecule has 0 aromatic heterocycles. The Labute approximate surface area is 103 Å². The Morgan fingerprint density at radius 1 is 1.38 bits per heavy atom. The lowest BCUT2D eigenvalue weighted by Crippen LogP contribution is -2.38. The van der Waals surface area contributed by atoms with Crippen molar-refractivity contribution in [3.05, 3.63) is 29.3 Å². The van der Waals surface area contributed by atoms with Crippen LogP contribution in [0.2, 0.25) is 5.02 Å². The van der Waals surface area contributed by atoms with Gasteiger partial charge in [-0.3, -0.25) is 0 Å². The minimum Gasteiger partial charge on any atom is -0.382 e. The van der Waals surface area contributed by atoms with Crippen molar-refractivity contribution in [2.75, 3.05) is 25.0 Å². The fraction of sp³-hybridized carbons (Fsp3) is 0.538. The average Bonchev–Trinajstić information content (AvgIpc) is 2.30. The molecule has 1 aliphatic rings. The Balaban J connectivity index is 1.87. The number of benzene rings is 1. The van der Waals surface area contributed by atoms with Gasteiger partial charge in [0, 0.05) is 29.8 Å². The van der Waals surface area contributed by atoms with Crippen molar-refractivity contribution in [3.8, 4) is 0 Å². The number of hydrogen-bond donors (Lipinski definition) is 1. The van der Waals surface area contributed by atoms with Crippen molar-refractivity contribution in [1.82, 2.24) is 4.90 Å². The number of rotatable bonds is 3. The van der Waals surface area contributed by atoms with E-state index < -0.39 is 0 Å². The van der Waals surface area contributed by atoms with Crippen molar-refractivity contribution < 1.29 is 0 Å². The van der Waals surface area contributed by atoms with Crippen LogP contribution in [0.1, 0.15) is 19.8 Å². The normalized spacial score (nSPS) is 18.6. The monoisotopic (exact) mass is 238 g/mol. The van der Waals surface area contributed by atoms with Crippen LogP contribution in [0.15, 0.2) is 24.3 Å². The molecule has 2 rings (SSSR count). The number of halogens is 1. The Morgan fingerprint density at radius 2 is 2.12 bits per heavy atom. The molecule has 0 unspecified atom stereocenters. The molecule has 0 saturated carbocycles. The van der Waals surface area contributed by atoms with Crippen molar-refractivity contribution in [1.29, 1.82) is 0 Å². The Kier molecular flexibility index (Phi) is 4.08. The van der Waals surface area contributed by atoms with Gasteiger partial charge < -0.3 is 10.2 Å². The molecule has 0 aliphatic carbocycles. The fourth-order valence-electron chi connectivity index (χ4n) is 2.21. The van der Waals surface area contributed by atoms with Crippen LogP contribution in [0.3, 0.4) is 0 Å². The summed E-state index contributed by atoms with van der Waals surface area (Å²) in [6.07, 6.45) is 2.45. The minimum atomic E-state index is 0.598. The van der Waals surface area contributed by atoms with Gasteiger partial charge in [0.2, 0.25) is 0 Å². The first-order valence-electron chi connectivity index (χ1n) is 6.02. The number of piperidine rings is 1. The first-order valence-corrected chi connectivity index (χ1v) is 6.40. The Hall–Kier alpha value is -0.730. The van der Waals surface area contributed by atoms with E-state index in [4.69, 9.17) is 11.6 Å². The number of anilines is 1. The lowest BCUT2D eigenvalue weighted by molar-refractivity contribution is 0.229. The zero-order valence-corrected chi connectivity index (χ0v) is 10.5. The van der Waals surface area contributed by atoms with Gasteiger partial charge in [-0.2, -0.15) is 0 Å². The number of nitrogens with one attached hydrogen (secondary N) is 1. The summed E-state index contributed by atoms with van der Waals surface area (Å²) in [6, 6.07) is 8.57. The quantitative estimate of drug-likeness (QED) is 0.870. The molecule has 1 N–H and O–H groups in total. The second-order valence-electron chi connectivity index (χ2n) is 4.36. The van der Waals surface area contributed by atoms with Crippen LogP contribution in [0, 0.1) is 0 Å². The van der Waals surface area contributed by atoms with E-state index in [1.54, 1.807) is 0 Å².